The van der Waals surface area contributed by atoms with Gasteiger partial charge in [0.2, 0.25) is 5.82 Å². The van der Waals surface area contributed by atoms with E-state index in [2.05, 4.69) is 15.5 Å². The monoisotopic (exact) mass is 422 g/mol. The number of nitrogens with one attached hydrogen (secondary N) is 1. The second-order valence-corrected chi connectivity index (χ2v) is 6.17. The Labute approximate surface area is 176 Å². The summed E-state index contributed by atoms with van der Waals surface area (Å²) in [6.45, 7) is 0.0987. The number of nitro groups is 1. The zero-order chi connectivity index (χ0) is 22.2. The quantitative estimate of drug-likeness (QED) is 0.302. The molecule has 0 aliphatic rings. The molecule has 31 heavy (non-hydrogen) atoms. The lowest BCUT2D eigenvalue weighted by molar-refractivity contribution is -0.384. The highest BCUT2D eigenvalue weighted by molar-refractivity contribution is 5.87. The molecule has 0 radical (unpaired) electrons. The number of methoxy groups -OCH3 is 1. The molecule has 1 heterocycles. The fraction of sp³-hybridized carbons (Fsp3) is 0.0952. The highest BCUT2D eigenvalue weighted by Gasteiger charge is 2.14. The predicted octanol–water partition coefficient (Wildman–Crippen LogP) is 3.72. The second kappa shape index (κ2) is 9.83. The number of anilines is 1. The van der Waals surface area contributed by atoms with Crippen LogP contribution in [0.25, 0.3) is 0 Å². The third kappa shape index (κ3) is 5.32. The minimum absolute atomic E-state index is 0.000370. The van der Waals surface area contributed by atoms with Gasteiger partial charge in [0, 0.05) is 17.8 Å². The average molecular weight is 422 g/mol. The molecule has 0 saturated heterocycles. The number of ether oxygens (including phenoxy) is 2. The van der Waals surface area contributed by atoms with Gasteiger partial charge < -0.3 is 14.6 Å². The maximum Gasteiger partial charge on any atom is 0.335 e. The Kier molecular flexibility index (Phi) is 6.74. The van der Waals surface area contributed by atoms with E-state index in [0.29, 0.717) is 22.6 Å². The number of para-hydroxylation sites is 1. The fourth-order valence-corrected chi connectivity index (χ4v) is 2.69. The van der Waals surface area contributed by atoms with Gasteiger partial charge in [0.1, 0.15) is 6.61 Å². The SMILES string of the molecule is COc1cccc(/C=N\Nc2ncccc2[N+](=O)[O-])c1OCc1cccc(C(=O)O)c1. The fourth-order valence-electron chi connectivity index (χ4n) is 2.69. The molecule has 0 fully saturated rings. The first-order valence-corrected chi connectivity index (χ1v) is 9.00. The van der Waals surface area contributed by atoms with Crippen LogP contribution in [0.3, 0.4) is 0 Å². The van der Waals surface area contributed by atoms with Gasteiger partial charge in [-0.1, -0.05) is 18.2 Å². The summed E-state index contributed by atoms with van der Waals surface area (Å²) >= 11 is 0. The molecule has 3 aromatic rings. The third-order valence-electron chi connectivity index (χ3n) is 4.14. The highest BCUT2D eigenvalue weighted by Crippen LogP contribution is 2.31. The molecule has 0 spiro atoms. The molecule has 0 saturated carbocycles. The van der Waals surface area contributed by atoms with Gasteiger partial charge in [-0.05, 0) is 35.9 Å². The molecule has 2 aromatic carbocycles. The van der Waals surface area contributed by atoms with Crippen molar-refractivity contribution in [1.82, 2.24) is 4.98 Å². The van der Waals surface area contributed by atoms with Gasteiger partial charge in [-0.25, -0.2) is 9.78 Å². The Balaban J connectivity index is 1.81. The summed E-state index contributed by atoms with van der Waals surface area (Å²) in [6, 6.07) is 14.3. The predicted molar refractivity (Wildman–Crippen MR) is 113 cm³/mol. The van der Waals surface area contributed by atoms with E-state index in [9.17, 15) is 14.9 Å². The van der Waals surface area contributed by atoms with Crippen LogP contribution in [0.4, 0.5) is 11.5 Å². The number of nitrogens with zero attached hydrogens (tertiary/aromatic N) is 3. The van der Waals surface area contributed by atoms with Gasteiger partial charge >= 0.3 is 11.7 Å². The standard InChI is InChI=1S/C21H18N4O6/c1-30-18-9-3-7-16(12-23-24-20-17(25(28)29)8-4-10-22-20)19(18)31-13-14-5-2-6-15(11-14)21(26)27/h2-12H,13H2,1H3,(H,22,24)(H,26,27)/b23-12-. The number of hydrogen-bond donors (Lipinski definition) is 2. The summed E-state index contributed by atoms with van der Waals surface area (Å²) in [7, 11) is 1.49. The minimum atomic E-state index is -1.03. The number of hydrogen-bond acceptors (Lipinski definition) is 8. The van der Waals surface area contributed by atoms with Gasteiger partial charge in [0.25, 0.3) is 0 Å². The first-order chi connectivity index (χ1) is 15.0. The van der Waals surface area contributed by atoms with Crippen molar-refractivity contribution in [2.24, 2.45) is 5.10 Å². The minimum Gasteiger partial charge on any atom is -0.493 e. The summed E-state index contributed by atoms with van der Waals surface area (Å²) in [6.07, 6.45) is 2.83. The molecule has 3 rings (SSSR count). The average Bonchev–Trinajstić information content (AvgIpc) is 2.78. The number of aromatic nitrogens is 1. The lowest BCUT2D eigenvalue weighted by atomic mass is 10.1. The van der Waals surface area contributed by atoms with Crippen molar-refractivity contribution in [3.63, 3.8) is 0 Å². The van der Waals surface area contributed by atoms with E-state index in [-0.39, 0.29) is 23.7 Å². The number of carboxylic acid groups (broad SMARTS) is 1. The molecule has 0 amide bonds. The maximum atomic E-state index is 11.2. The van der Waals surface area contributed by atoms with Crippen molar-refractivity contribution in [1.29, 1.82) is 0 Å². The van der Waals surface area contributed by atoms with Crippen LogP contribution in [0.1, 0.15) is 21.5 Å². The van der Waals surface area contributed by atoms with Crippen molar-refractivity contribution < 1.29 is 24.3 Å². The van der Waals surface area contributed by atoms with E-state index in [4.69, 9.17) is 14.6 Å². The van der Waals surface area contributed by atoms with Crippen LogP contribution in [0.5, 0.6) is 11.5 Å². The van der Waals surface area contributed by atoms with Gasteiger partial charge in [-0.2, -0.15) is 5.10 Å². The van der Waals surface area contributed by atoms with Gasteiger partial charge in [-0.15, -0.1) is 0 Å². The molecule has 0 bridgehead atoms. The molecule has 10 heteroatoms. The molecule has 10 nitrogen and oxygen atoms in total. The van der Waals surface area contributed by atoms with Gasteiger partial charge in [0.05, 0.1) is 23.8 Å². The molecular formula is C21H18N4O6. The van der Waals surface area contributed by atoms with Crippen LogP contribution in [-0.2, 0) is 6.61 Å². The smallest absolute Gasteiger partial charge is 0.335 e. The Hall–Kier alpha value is -4.47. The van der Waals surface area contributed by atoms with Crippen molar-refractivity contribution in [2.45, 2.75) is 6.61 Å². The molecule has 0 aliphatic carbocycles. The number of pyridine rings is 1. The first kappa shape index (κ1) is 21.2. The van der Waals surface area contributed by atoms with Crippen molar-refractivity contribution >= 4 is 23.7 Å². The Morgan fingerprint density at radius 1 is 1.26 bits per heavy atom. The number of aromatic carboxylic acids is 1. The molecule has 158 valence electrons. The van der Waals surface area contributed by atoms with Gasteiger partial charge in [-0.3, -0.25) is 15.5 Å². The van der Waals surface area contributed by atoms with E-state index in [1.165, 1.54) is 43.8 Å². The van der Waals surface area contributed by atoms with E-state index in [0.717, 1.165) is 0 Å². The summed E-state index contributed by atoms with van der Waals surface area (Å²) in [4.78, 5) is 25.6. The third-order valence-corrected chi connectivity index (χ3v) is 4.14. The lowest BCUT2D eigenvalue weighted by Gasteiger charge is -2.13. The van der Waals surface area contributed by atoms with E-state index in [1.807, 2.05) is 0 Å². The lowest BCUT2D eigenvalue weighted by Crippen LogP contribution is -2.03. The molecule has 0 aliphatic heterocycles. The van der Waals surface area contributed by atoms with Crippen LogP contribution in [0.15, 0.2) is 65.9 Å². The molecule has 0 atom stereocenters. The first-order valence-electron chi connectivity index (χ1n) is 9.00. The summed E-state index contributed by atoms with van der Waals surface area (Å²) in [5.74, 6) is -0.199. The number of benzene rings is 2. The Morgan fingerprint density at radius 3 is 2.81 bits per heavy atom. The van der Waals surface area contributed by atoms with Crippen molar-refractivity contribution in [3.05, 3.63) is 87.6 Å². The second-order valence-electron chi connectivity index (χ2n) is 6.17. The summed E-state index contributed by atoms with van der Waals surface area (Å²) in [5.41, 5.74) is 3.71. The van der Waals surface area contributed by atoms with Crippen LogP contribution in [-0.4, -0.2) is 34.3 Å². The van der Waals surface area contributed by atoms with Crippen LogP contribution < -0.4 is 14.9 Å². The summed E-state index contributed by atoms with van der Waals surface area (Å²) in [5, 5.41) is 24.2. The number of carboxylic acids is 1. The summed E-state index contributed by atoms with van der Waals surface area (Å²) < 4.78 is 11.2. The van der Waals surface area contributed by atoms with E-state index >= 15 is 0 Å². The largest absolute Gasteiger partial charge is 0.493 e. The highest BCUT2D eigenvalue weighted by atomic mass is 16.6. The number of carbonyl (C=O) groups is 1. The van der Waals surface area contributed by atoms with Crippen LogP contribution in [0.2, 0.25) is 0 Å². The molecule has 2 N–H and O–H groups in total. The van der Waals surface area contributed by atoms with Crippen LogP contribution in [0, 0.1) is 10.1 Å². The van der Waals surface area contributed by atoms with Crippen molar-refractivity contribution in [2.75, 3.05) is 12.5 Å². The Bertz CT molecular complexity index is 1130. The maximum absolute atomic E-state index is 11.2. The van der Waals surface area contributed by atoms with E-state index in [1.54, 1.807) is 30.3 Å². The normalized spacial score (nSPS) is 10.6. The number of rotatable bonds is 9. The van der Waals surface area contributed by atoms with E-state index < -0.39 is 10.9 Å². The molecular weight excluding hydrogens is 404 g/mol. The molecule has 1 aromatic heterocycles. The zero-order valence-electron chi connectivity index (χ0n) is 16.4. The Morgan fingerprint density at radius 2 is 2.06 bits per heavy atom. The molecule has 0 unspecified atom stereocenters. The topological polar surface area (TPSA) is 136 Å². The van der Waals surface area contributed by atoms with Gasteiger partial charge in [0.15, 0.2) is 11.5 Å². The van der Waals surface area contributed by atoms with Crippen LogP contribution >= 0.6 is 0 Å². The zero-order valence-corrected chi connectivity index (χ0v) is 16.4. The van der Waals surface area contributed by atoms with Crippen molar-refractivity contribution in [3.8, 4) is 11.5 Å². The number of hydrazone groups is 1.